The molecule has 0 bridgehead atoms. The smallest absolute Gasteiger partial charge is 0.257 e. The Bertz CT molecular complexity index is 687. The van der Waals surface area contributed by atoms with Crippen molar-refractivity contribution in [1.29, 1.82) is 0 Å². The number of nitrogens with zero attached hydrogens (tertiary/aromatic N) is 1. The second-order valence-electron chi connectivity index (χ2n) is 5.11. The van der Waals surface area contributed by atoms with Crippen molar-refractivity contribution < 1.29 is 18.7 Å². The van der Waals surface area contributed by atoms with Crippen molar-refractivity contribution in [3.63, 3.8) is 0 Å². The largest absolute Gasteiger partial charge is 0.484 e. The number of benzene rings is 1. The maximum Gasteiger partial charge on any atom is 0.257 e. The number of pyridine rings is 1. The number of anilines is 1. The van der Waals surface area contributed by atoms with Gasteiger partial charge in [0.2, 0.25) is 5.91 Å². The molecule has 0 saturated heterocycles. The van der Waals surface area contributed by atoms with Crippen LogP contribution < -0.4 is 15.4 Å². The number of hydrogen-bond donors (Lipinski definition) is 2. The fraction of sp³-hybridized carbons (Fsp3) is 0.235. The minimum absolute atomic E-state index is 0.123. The molecule has 0 aliphatic rings. The summed E-state index contributed by atoms with van der Waals surface area (Å²) >= 11 is 0. The van der Waals surface area contributed by atoms with Crippen molar-refractivity contribution in [3.05, 3.63) is 54.0 Å². The van der Waals surface area contributed by atoms with Crippen LogP contribution in [0.15, 0.2) is 42.6 Å². The first-order chi connectivity index (χ1) is 11.5. The predicted octanol–water partition coefficient (Wildman–Crippen LogP) is 2.05. The van der Waals surface area contributed by atoms with Crippen LogP contribution in [0.1, 0.15) is 12.0 Å². The molecule has 0 aliphatic heterocycles. The predicted molar refractivity (Wildman–Crippen MR) is 87.1 cm³/mol. The third kappa shape index (κ3) is 6.04. The molecule has 2 N–H and O–H groups in total. The monoisotopic (exact) mass is 331 g/mol. The summed E-state index contributed by atoms with van der Waals surface area (Å²) < 4.78 is 17.9. The van der Waals surface area contributed by atoms with Crippen LogP contribution in [0.25, 0.3) is 0 Å². The molecule has 2 rings (SSSR count). The molecule has 0 aliphatic carbocycles. The van der Waals surface area contributed by atoms with E-state index in [0.717, 1.165) is 5.56 Å². The maximum absolute atomic E-state index is 12.7. The van der Waals surface area contributed by atoms with Gasteiger partial charge in [0.05, 0.1) is 0 Å². The number of aromatic nitrogens is 1. The molecule has 2 amide bonds. The number of carbonyl (C=O) groups is 2. The number of aryl methyl sites for hydroxylation is 1. The van der Waals surface area contributed by atoms with E-state index >= 15 is 0 Å². The van der Waals surface area contributed by atoms with Crippen molar-refractivity contribution >= 4 is 17.6 Å². The maximum atomic E-state index is 12.7. The Morgan fingerprint density at radius 2 is 1.88 bits per heavy atom. The summed E-state index contributed by atoms with van der Waals surface area (Å²) in [4.78, 5) is 27.4. The minimum atomic E-state index is -0.374. The van der Waals surface area contributed by atoms with Gasteiger partial charge >= 0.3 is 0 Å². The van der Waals surface area contributed by atoms with Crippen molar-refractivity contribution in [2.75, 3.05) is 18.5 Å². The van der Waals surface area contributed by atoms with E-state index in [4.69, 9.17) is 4.74 Å². The molecule has 0 unspecified atom stereocenters. The highest BCUT2D eigenvalue weighted by Gasteiger charge is 2.06. The third-order valence-corrected chi connectivity index (χ3v) is 3.04. The van der Waals surface area contributed by atoms with Crippen LogP contribution in [0.2, 0.25) is 0 Å². The van der Waals surface area contributed by atoms with E-state index in [9.17, 15) is 14.0 Å². The van der Waals surface area contributed by atoms with Gasteiger partial charge in [-0.05, 0) is 42.8 Å². The van der Waals surface area contributed by atoms with E-state index in [-0.39, 0.29) is 37.2 Å². The normalized spacial score (nSPS) is 10.1. The highest BCUT2D eigenvalue weighted by molar-refractivity contribution is 5.90. The topological polar surface area (TPSA) is 80.3 Å². The van der Waals surface area contributed by atoms with Crippen molar-refractivity contribution in [1.82, 2.24) is 10.3 Å². The first-order valence-corrected chi connectivity index (χ1v) is 7.40. The average Bonchev–Trinajstić information content (AvgIpc) is 2.56. The van der Waals surface area contributed by atoms with Gasteiger partial charge in [0.25, 0.3) is 5.91 Å². The number of ether oxygens (including phenoxy) is 1. The molecule has 0 fully saturated rings. The molecule has 6 nitrogen and oxygen atoms in total. The summed E-state index contributed by atoms with van der Waals surface area (Å²) in [6, 6.07) is 8.92. The van der Waals surface area contributed by atoms with Crippen molar-refractivity contribution in [3.8, 4) is 5.75 Å². The third-order valence-electron chi connectivity index (χ3n) is 3.04. The molecule has 0 saturated carbocycles. The van der Waals surface area contributed by atoms with Crippen LogP contribution in [0, 0.1) is 12.7 Å². The molecule has 0 atom stereocenters. The zero-order valence-electron chi connectivity index (χ0n) is 13.2. The van der Waals surface area contributed by atoms with E-state index in [2.05, 4.69) is 15.6 Å². The molecule has 1 heterocycles. The molecule has 2 aromatic rings. The Morgan fingerprint density at radius 1 is 1.12 bits per heavy atom. The number of carbonyl (C=O) groups excluding carboxylic acids is 2. The molecule has 1 aromatic carbocycles. The van der Waals surface area contributed by atoms with Crippen LogP contribution in [0.5, 0.6) is 5.75 Å². The summed E-state index contributed by atoms with van der Waals surface area (Å²) in [7, 11) is 0. The number of hydrogen-bond acceptors (Lipinski definition) is 4. The lowest BCUT2D eigenvalue weighted by molar-refractivity contribution is -0.123. The van der Waals surface area contributed by atoms with Gasteiger partial charge in [-0.1, -0.05) is 6.07 Å². The highest BCUT2D eigenvalue weighted by Crippen LogP contribution is 2.10. The van der Waals surface area contributed by atoms with Gasteiger partial charge in [0, 0.05) is 19.2 Å². The fourth-order valence-corrected chi connectivity index (χ4v) is 1.79. The van der Waals surface area contributed by atoms with Crippen LogP contribution in [0.4, 0.5) is 10.2 Å². The second kappa shape index (κ2) is 8.61. The Kier molecular flexibility index (Phi) is 6.24. The summed E-state index contributed by atoms with van der Waals surface area (Å²) in [6.07, 6.45) is 1.78. The summed E-state index contributed by atoms with van der Waals surface area (Å²) in [5.74, 6) is -0.112. The first kappa shape index (κ1) is 17.4. The quantitative estimate of drug-likeness (QED) is 0.814. The van der Waals surface area contributed by atoms with E-state index in [1.807, 2.05) is 13.0 Å². The highest BCUT2D eigenvalue weighted by atomic mass is 19.1. The molecule has 126 valence electrons. The van der Waals surface area contributed by atoms with Gasteiger partial charge in [-0.3, -0.25) is 9.59 Å². The first-order valence-electron chi connectivity index (χ1n) is 7.40. The Morgan fingerprint density at radius 3 is 2.54 bits per heavy atom. The molecule has 0 spiro atoms. The number of amides is 2. The summed E-state index contributed by atoms with van der Waals surface area (Å²) in [5, 5.41) is 5.21. The van der Waals surface area contributed by atoms with Gasteiger partial charge in [-0.15, -0.1) is 0 Å². The fourth-order valence-electron chi connectivity index (χ4n) is 1.79. The van der Waals surface area contributed by atoms with Crippen LogP contribution >= 0.6 is 0 Å². The molecule has 1 aromatic heterocycles. The van der Waals surface area contributed by atoms with E-state index < -0.39 is 0 Å². The van der Waals surface area contributed by atoms with Crippen molar-refractivity contribution in [2.45, 2.75) is 13.3 Å². The van der Waals surface area contributed by atoms with E-state index in [1.165, 1.54) is 24.3 Å². The van der Waals surface area contributed by atoms with Crippen LogP contribution in [-0.2, 0) is 9.59 Å². The number of halogens is 1. The van der Waals surface area contributed by atoms with Crippen molar-refractivity contribution in [2.24, 2.45) is 0 Å². The van der Waals surface area contributed by atoms with E-state index in [1.54, 1.807) is 12.3 Å². The van der Waals surface area contributed by atoms with E-state index in [0.29, 0.717) is 11.6 Å². The summed E-state index contributed by atoms with van der Waals surface area (Å²) in [5.41, 5.74) is 1.00. The molecule has 0 radical (unpaired) electrons. The summed E-state index contributed by atoms with van der Waals surface area (Å²) in [6.45, 7) is 1.89. The number of rotatable bonds is 7. The molecule has 7 heteroatoms. The Labute approximate surface area is 139 Å². The lowest BCUT2D eigenvalue weighted by Gasteiger charge is -2.08. The Balaban J connectivity index is 1.63. The lowest BCUT2D eigenvalue weighted by atomic mass is 10.3. The minimum Gasteiger partial charge on any atom is -0.484 e. The zero-order chi connectivity index (χ0) is 17.4. The van der Waals surface area contributed by atoms with Gasteiger partial charge in [-0.2, -0.15) is 0 Å². The van der Waals surface area contributed by atoms with Gasteiger partial charge in [0.15, 0.2) is 6.61 Å². The van der Waals surface area contributed by atoms with Crippen LogP contribution in [0.3, 0.4) is 0 Å². The van der Waals surface area contributed by atoms with Gasteiger partial charge in [-0.25, -0.2) is 9.37 Å². The standard InChI is InChI=1S/C17H18FN3O3/c1-12-2-7-15(20-10-12)21-16(22)8-9-19-17(23)11-24-14-5-3-13(18)4-6-14/h2-7,10H,8-9,11H2,1H3,(H,19,23)(H,20,21,22). The lowest BCUT2D eigenvalue weighted by Crippen LogP contribution is -2.31. The molecular weight excluding hydrogens is 313 g/mol. The molecular formula is C17H18FN3O3. The van der Waals surface area contributed by atoms with Gasteiger partial charge in [0.1, 0.15) is 17.4 Å². The number of nitrogens with one attached hydrogen (secondary N) is 2. The SMILES string of the molecule is Cc1ccc(NC(=O)CCNC(=O)COc2ccc(F)cc2)nc1. The van der Waals surface area contributed by atoms with Gasteiger partial charge < -0.3 is 15.4 Å². The van der Waals surface area contributed by atoms with Crippen LogP contribution in [-0.4, -0.2) is 29.9 Å². The zero-order valence-corrected chi connectivity index (χ0v) is 13.2. The molecule has 24 heavy (non-hydrogen) atoms. The Hall–Kier alpha value is -2.96. The average molecular weight is 331 g/mol. The second-order valence-corrected chi connectivity index (χ2v) is 5.11.